The molecule has 0 fully saturated rings. The van der Waals surface area contributed by atoms with Gasteiger partial charge in [-0.25, -0.2) is 10.2 Å². The Hall–Kier alpha value is -1.43. The second kappa shape index (κ2) is 4.56. The van der Waals surface area contributed by atoms with Crippen LogP contribution in [0.2, 0.25) is 0 Å². The van der Waals surface area contributed by atoms with Crippen molar-refractivity contribution < 1.29 is 9.21 Å². The molecule has 0 saturated carbocycles. The van der Waals surface area contributed by atoms with E-state index in [9.17, 15) is 4.79 Å². The summed E-state index contributed by atoms with van der Waals surface area (Å²) in [5.41, 5.74) is 6.85. The van der Waals surface area contributed by atoms with Crippen LogP contribution in [0.4, 0.5) is 4.79 Å². The van der Waals surface area contributed by atoms with Gasteiger partial charge < -0.3 is 10.2 Å². The molecule has 13 heavy (non-hydrogen) atoms. The molecule has 70 valence electrons. The molecule has 1 rings (SSSR count). The number of nitrogens with two attached hydrogens (primary N) is 1. The largest absolute Gasteiger partial charge is 0.449 e. The van der Waals surface area contributed by atoms with Crippen LogP contribution in [0.15, 0.2) is 26.7 Å². The predicted octanol–water partition coefficient (Wildman–Crippen LogP) is 1.00. The quantitative estimate of drug-likeness (QED) is 0.433. The van der Waals surface area contributed by atoms with Gasteiger partial charge in [-0.3, -0.25) is 0 Å². The standard InChI is InChI=1S/C7H9N3O2S/c1-13-6-3-2-5(12-6)4-9-10-7(8)11/h2-4H,1H3,(H3,8,10,11). The highest BCUT2D eigenvalue weighted by atomic mass is 32.2. The number of urea groups is 1. The molecule has 0 aliphatic rings. The monoisotopic (exact) mass is 199 g/mol. The minimum absolute atomic E-state index is 0.568. The number of thioether (sulfide) groups is 1. The highest BCUT2D eigenvalue weighted by molar-refractivity contribution is 7.98. The molecule has 0 spiro atoms. The highest BCUT2D eigenvalue weighted by Crippen LogP contribution is 2.16. The van der Waals surface area contributed by atoms with Crippen LogP contribution in [0.5, 0.6) is 0 Å². The average molecular weight is 199 g/mol. The van der Waals surface area contributed by atoms with Gasteiger partial charge in [0.15, 0.2) is 5.09 Å². The molecule has 0 radical (unpaired) electrons. The number of hydrogen-bond donors (Lipinski definition) is 2. The summed E-state index contributed by atoms with van der Waals surface area (Å²) in [4.78, 5) is 10.2. The van der Waals surface area contributed by atoms with Gasteiger partial charge in [0.25, 0.3) is 0 Å². The third kappa shape index (κ3) is 3.20. The summed E-state index contributed by atoms with van der Waals surface area (Å²) in [6.45, 7) is 0. The van der Waals surface area contributed by atoms with Crippen LogP contribution in [0.3, 0.4) is 0 Å². The first-order chi connectivity index (χ1) is 6.22. The summed E-state index contributed by atoms with van der Waals surface area (Å²) in [6, 6.07) is 2.86. The first-order valence-corrected chi connectivity index (χ1v) is 4.67. The smallest absolute Gasteiger partial charge is 0.332 e. The number of hydrogen-bond acceptors (Lipinski definition) is 4. The molecule has 1 heterocycles. The Balaban J connectivity index is 2.53. The van der Waals surface area contributed by atoms with Crippen molar-refractivity contribution in [2.45, 2.75) is 5.09 Å². The molecule has 5 nitrogen and oxygen atoms in total. The van der Waals surface area contributed by atoms with Crippen LogP contribution >= 0.6 is 11.8 Å². The molecule has 3 N–H and O–H groups in total. The molecule has 1 aromatic heterocycles. The topological polar surface area (TPSA) is 80.6 Å². The summed E-state index contributed by atoms with van der Waals surface area (Å²) in [5, 5.41) is 4.33. The molecule has 1 aromatic rings. The minimum atomic E-state index is -0.701. The van der Waals surface area contributed by atoms with Crippen LogP contribution in [-0.2, 0) is 0 Å². The maximum absolute atomic E-state index is 10.2. The second-order valence-corrected chi connectivity index (χ2v) is 2.91. The maximum Gasteiger partial charge on any atom is 0.332 e. The van der Waals surface area contributed by atoms with Crippen molar-refractivity contribution in [3.05, 3.63) is 17.9 Å². The van der Waals surface area contributed by atoms with E-state index in [1.54, 1.807) is 6.07 Å². The van der Waals surface area contributed by atoms with Crippen LogP contribution in [0, 0.1) is 0 Å². The van der Waals surface area contributed by atoms with E-state index in [-0.39, 0.29) is 0 Å². The highest BCUT2D eigenvalue weighted by Gasteiger charge is 1.96. The molecular weight excluding hydrogens is 190 g/mol. The summed E-state index contributed by atoms with van der Waals surface area (Å²) in [5.74, 6) is 0.568. The first-order valence-electron chi connectivity index (χ1n) is 3.44. The van der Waals surface area contributed by atoms with E-state index in [1.165, 1.54) is 18.0 Å². The van der Waals surface area contributed by atoms with Crippen molar-refractivity contribution in [2.75, 3.05) is 6.26 Å². The summed E-state index contributed by atoms with van der Waals surface area (Å²) in [6.07, 6.45) is 3.28. The Bertz CT molecular complexity index is 321. The lowest BCUT2D eigenvalue weighted by molar-refractivity contribution is 0.249. The maximum atomic E-state index is 10.2. The Morgan fingerprint density at radius 1 is 1.77 bits per heavy atom. The van der Waals surface area contributed by atoms with E-state index in [2.05, 4.69) is 10.5 Å². The van der Waals surface area contributed by atoms with Gasteiger partial charge in [0, 0.05) is 0 Å². The van der Waals surface area contributed by atoms with Crippen LogP contribution in [0.1, 0.15) is 5.76 Å². The van der Waals surface area contributed by atoms with E-state index in [1.807, 2.05) is 12.3 Å². The number of amides is 2. The molecule has 0 aliphatic heterocycles. The summed E-state index contributed by atoms with van der Waals surface area (Å²) in [7, 11) is 0. The molecule has 0 atom stereocenters. The Labute approximate surface area is 79.4 Å². The summed E-state index contributed by atoms with van der Waals surface area (Å²) < 4.78 is 5.24. The normalized spacial score (nSPS) is 10.5. The summed E-state index contributed by atoms with van der Waals surface area (Å²) >= 11 is 1.49. The first kappa shape index (κ1) is 9.66. The SMILES string of the molecule is CSc1ccc(C=NNC(N)=O)o1. The molecular formula is C7H9N3O2S. The fourth-order valence-corrected chi connectivity index (χ4v) is 1.06. The van der Waals surface area contributed by atoms with Gasteiger partial charge in [-0.15, -0.1) is 0 Å². The fourth-order valence-electron chi connectivity index (χ4n) is 0.673. The predicted molar refractivity (Wildman–Crippen MR) is 50.8 cm³/mol. The van der Waals surface area contributed by atoms with E-state index in [4.69, 9.17) is 10.2 Å². The Kier molecular flexibility index (Phi) is 3.39. The van der Waals surface area contributed by atoms with Gasteiger partial charge in [0.2, 0.25) is 0 Å². The number of furan rings is 1. The molecule has 0 bridgehead atoms. The minimum Gasteiger partial charge on any atom is -0.449 e. The van der Waals surface area contributed by atoms with Gasteiger partial charge in [-0.2, -0.15) is 5.10 Å². The van der Waals surface area contributed by atoms with Crippen LogP contribution < -0.4 is 11.2 Å². The van der Waals surface area contributed by atoms with Gasteiger partial charge in [0.05, 0.1) is 6.21 Å². The van der Waals surface area contributed by atoms with Gasteiger partial charge in [-0.1, -0.05) is 11.8 Å². The average Bonchev–Trinajstić information content (AvgIpc) is 2.52. The lowest BCUT2D eigenvalue weighted by atomic mass is 10.5. The van der Waals surface area contributed by atoms with E-state index in [0.717, 1.165) is 5.09 Å². The van der Waals surface area contributed by atoms with Crippen molar-refractivity contribution in [1.82, 2.24) is 5.43 Å². The van der Waals surface area contributed by atoms with Crippen molar-refractivity contribution in [3.8, 4) is 0 Å². The third-order valence-corrected chi connectivity index (χ3v) is 1.79. The molecule has 0 unspecified atom stereocenters. The Morgan fingerprint density at radius 3 is 3.08 bits per heavy atom. The number of primary amides is 1. The van der Waals surface area contributed by atoms with E-state index < -0.39 is 6.03 Å². The molecule has 0 aromatic carbocycles. The Morgan fingerprint density at radius 2 is 2.54 bits per heavy atom. The van der Waals surface area contributed by atoms with Crippen molar-refractivity contribution in [2.24, 2.45) is 10.8 Å². The number of nitrogens with one attached hydrogen (secondary N) is 1. The lowest BCUT2D eigenvalue weighted by Crippen LogP contribution is -2.24. The molecule has 0 saturated heterocycles. The van der Waals surface area contributed by atoms with Crippen LogP contribution in [0.25, 0.3) is 0 Å². The van der Waals surface area contributed by atoms with Crippen molar-refractivity contribution >= 4 is 24.0 Å². The zero-order valence-electron chi connectivity index (χ0n) is 6.98. The lowest BCUT2D eigenvalue weighted by Gasteiger charge is -1.89. The molecule has 6 heteroatoms. The zero-order valence-corrected chi connectivity index (χ0v) is 7.80. The van der Waals surface area contributed by atoms with Gasteiger partial charge in [-0.05, 0) is 18.4 Å². The van der Waals surface area contributed by atoms with E-state index >= 15 is 0 Å². The van der Waals surface area contributed by atoms with Crippen molar-refractivity contribution in [3.63, 3.8) is 0 Å². The zero-order chi connectivity index (χ0) is 9.68. The van der Waals surface area contributed by atoms with E-state index in [0.29, 0.717) is 5.76 Å². The third-order valence-electron chi connectivity index (χ3n) is 1.17. The van der Waals surface area contributed by atoms with Crippen LogP contribution in [-0.4, -0.2) is 18.5 Å². The van der Waals surface area contributed by atoms with Crippen molar-refractivity contribution in [1.29, 1.82) is 0 Å². The number of carbonyl (C=O) groups is 1. The molecule has 0 aliphatic carbocycles. The number of hydrazone groups is 1. The van der Waals surface area contributed by atoms with Gasteiger partial charge >= 0.3 is 6.03 Å². The van der Waals surface area contributed by atoms with Gasteiger partial charge in [0.1, 0.15) is 5.76 Å². The molecule has 2 amide bonds. The second-order valence-electron chi connectivity index (χ2n) is 2.10. The fraction of sp³-hybridized carbons (Fsp3) is 0.143. The number of rotatable bonds is 3. The number of carbonyl (C=O) groups excluding carboxylic acids is 1. The number of nitrogens with zero attached hydrogens (tertiary/aromatic N) is 1.